The van der Waals surface area contributed by atoms with Crippen LogP contribution in [0.15, 0.2) is 24.3 Å². The number of benzene rings is 1. The summed E-state index contributed by atoms with van der Waals surface area (Å²) in [6, 6.07) is -9.28. The molecule has 0 aromatic heterocycles. The predicted molar refractivity (Wildman–Crippen MR) is 454 cm³/mol. The molecule has 1 fully saturated rings. The molecule has 0 saturated carbocycles. The van der Waals surface area contributed by atoms with E-state index in [1.54, 1.807) is 149 Å². The Hall–Kier alpha value is -10.4. The van der Waals surface area contributed by atoms with Gasteiger partial charge >= 0.3 is 42.4 Å². The highest BCUT2D eigenvalue weighted by atomic mass is 16.6. The molecule has 1 saturated heterocycles. The van der Waals surface area contributed by atoms with Crippen molar-refractivity contribution < 1.29 is 120 Å². The number of amides is 14. The molecular formula is C83H142N16O25. The Morgan fingerprint density at radius 3 is 1.43 bits per heavy atom. The van der Waals surface area contributed by atoms with Crippen LogP contribution in [-0.4, -0.2) is 265 Å². The van der Waals surface area contributed by atoms with E-state index in [-0.39, 0.29) is 109 Å². The van der Waals surface area contributed by atoms with Crippen molar-refractivity contribution in [1.29, 1.82) is 0 Å². The number of carbonyl (C=O) groups is 16. The summed E-state index contributed by atoms with van der Waals surface area (Å²) < 4.78 is 37.7. The smallest absolute Gasteiger partial charge is 0.407 e. The summed E-state index contributed by atoms with van der Waals surface area (Å²) in [4.78, 5) is 223. The average molecular weight is 1760 g/mol. The first-order valence-corrected chi connectivity index (χ1v) is 42.2. The van der Waals surface area contributed by atoms with E-state index in [4.69, 9.17) is 38.9 Å². The summed E-state index contributed by atoms with van der Waals surface area (Å²) in [5, 5.41) is 61.9. The van der Waals surface area contributed by atoms with E-state index in [0.717, 1.165) is 6.92 Å². The van der Waals surface area contributed by atoms with Crippen molar-refractivity contribution in [2.24, 2.45) is 11.7 Å². The fourth-order valence-corrected chi connectivity index (χ4v) is 11.7. The summed E-state index contributed by atoms with van der Waals surface area (Å²) in [7, 11) is 0. The Morgan fingerprint density at radius 2 is 0.935 bits per heavy atom. The molecule has 41 heteroatoms. The zero-order chi connectivity index (χ0) is 94.2. The number of alkyl carbamates (subject to hydrolysis) is 5. The van der Waals surface area contributed by atoms with E-state index in [1.807, 2.05) is 6.92 Å². The fourth-order valence-electron chi connectivity index (χ4n) is 11.7. The first kappa shape index (κ1) is 110. The largest absolute Gasteiger partial charge is 0.465 e. The normalized spacial score (nSPS) is 19.7. The lowest BCUT2D eigenvalue weighted by atomic mass is 9.99. The number of carbonyl (C=O) groups excluding carboxylic acids is 16. The molecule has 13 atom stereocenters. The summed E-state index contributed by atoms with van der Waals surface area (Å²) in [6.45, 7) is 31.2. The van der Waals surface area contributed by atoms with Crippen molar-refractivity contribution in [3.63, 3.8) is 0 Å². The van der Waals surface area contributed by atoms with Gasteiger partial charge in [-0.1, -0.05) is 45.0 Å². The molecule has 19 N–H and O–H groups in total. The predicted octanol–water partition coefficient (Wildman–Crippen LogP) is 1.89. The van der Waals surface area contributed by atoms with Gasteiger partial charge in [0.25, 0.3) is 0 Å². The van der Waals surface area contributed by atoms with Crippen LogP contribution in [0.3, 0.4) is 0 Å². The number of hydrogen-bond acceptors (Lipinski definition) is 27. The van der Waals surface area contributed by atoms with Crippen LogP contribution in [0.4, 0.5) is 24.0 Å². The quantitative estimate of drug-likeness (QED) is 0.0259. The highest BCUT2D eigenvalue weighted by molar-refractivity contribution is 5.98. The standard InChI is InChI=1S/C83H142N16O25/c1-22-24-61(102)119-48(4)44-62(103)118-42-35-51-26-28-52(29-27-51)45-60-71(110)96-59(43-47(2)3)70(109)94-58(34-41-90-78(117)124-83(19,20)21)68(107)93-56(25-23-36-86-74(113)120-79(7,8)9)69(108)99-63(49(5)100)72(111)85-37-30-53(46-91-55(66(105)97-60)32-39-88-76(115)122-81(13,14)15)92-67(106)57(33-40-89-77(116)123-82(16,17)18)95-73(112)64(50(6)101)98-65(104)54(84)31-38-87-75(114)121-80(10,11)12/h26-29,47-50,53-60,63-64,91,100-101H,22-25,30-46,84H2,1-21H3,(H,85,111)(H,86,113)(H,87,114)(H,88,115)(H,89,116)(H,90,117)(H,92,106)(H,93,107)(H,94,109)(H,95,112)(H,96,110)(H,97,105)(H,98,104)(H,99,108)/t48?,49-,50?,53-,54-,55-,56-,57-,58-,59-,60+,63-,64-/m0/s1. The van der Waals surface area contributed by atoms with Gasteiger partial charge in [0.15, 0.2) is 0 Å². The summed E-state index contributed by atoms with van der Waals surface area (Å²) in [6.07, 6.45) is -10.1. The Kier molecular flexibility index (Phi) is 46.9. The molecule has 1 heterocycles. The van der Waals surface area contributed by atoms with E-state index in [0.29, 0.717) is 17.5 Å². The van der Waals surface area contributed by atoms with Gasteiger partial charge in [0, 0.05) is 71.1 Å². The number of nitrogens with two attached hydrogens (primary N) is 1. The molecule has 124 heavy (non-hydrogen) atoms. The van der Waals surface area contributed by atoms with E-state index < -0.39 is 228 Å². The zero-order valence-corrected chi connectivity index (χ0v) is 76.1. The van der Waals surface area contributed by atoms with Crippen molar-refractivity contribution >= 4 is 95.6 Å². The number of hydrogen-bond donors (Lipinski definition) is 18. The van der Waals surface area contributed by atoms with Crippen LogP contribution in [0.5, 0.6) is 0 Å². The summed E-state index contributed by atoms with van der Waals surface area (Å²) in [5.41, 5.74) is 2.54. The van der Waals surface area contributed by atoms with E-state index in [1.165, 1.54) is 6.92 Å². The van der Waals surface area contributed by atoms with Gasteiger partial charge in [-0.05, 0) is 199 Å². The first-order valence-electron chi connectivity index (χ1n) is 42.2. The fraction of sp³-hybridized carbons (Fsp3) is 0.735. The molecule has 2 unspecified atom stereocenters. The summed E-state index contributed by atoms with van der Waals surface area (Å²) in [5.74, 6) is -10.6. The number of ether oxygens (including phenoxy) is 7. The summed E-state index contributed by atoms with van der Waals surface area (Å²) >= 11 is 0. The number of rotatable bonds is 36. The molecule has 0 radical (unpaired) electrons. The molecule has 2 rings (SSSR count). The van der Waals surface area contributed by atoms with Gasteiger partial charge in [0.05, 0.1) is 37.3 Å². The van der Waals surface area contributed by atoms with Crippen LogP contribution in [0.2, 0.25) is 0 Å². The zero-order valence-electron chi connectivity index (χ0n) is 76.1. The van der Waals surface area contributed by atoms with Gasteiger partial charge in [0.1, 0.15) is 76.4 Å². The van der Waals surface area contributed by atoms with Crippen molar-refractivity contribution in [3.8, 4) is 0 Å². The Labute approximate surface area is 727 Å². The maximum atomic E-state index is 15.5. The van der Waals surface area contributed by atoms with E-state index >= 15 is 19.2 Å². The van der Waals surface area contributed by atoms with Crippen LogP contribution in [0.25, 0.3) is 0 Å². The lowest BCUT2D eigenvalue weighted by molar-refractivity contribution is -0.154. The van der Waals surface area contributed by atoms with Gasteiger partial charge < -0.3 is 129 Å². The maximum absolute atomic E-state index is 15.5. The highest BCUT2D eigenvalue weighted by Gasteiger charge is 2.38. The second-order valence-corrected chi connectivity index (χ2v) is 35.9. The maximum Gasteiger partial charge on any atom is 0.407 e. The van der Waals surface area contributed by atoms with Gasteiger partial charge in [-0.15, -0.1) is 0 Å². The Bertz CT molecular complexity index is 3660. The second kappa shape index (κ2) is 53.0. The first-order chi connectivity index (χ1) is 57.4. The molecule has 1 aromatic rings. The molecule has 0 spiro atoms. The SMILES string of the molecule is CCCC(=O)OC(C)CC(=O)OCCc1ccc(C[C@H]2NC(=O)[C@H](CCNC(=O)OC(C)(C)C)NC[C@@H](NC(=O)[C@H](CCNC(=O)OC(C)(C)C)NC(=O)[C@@H](NC(=O)[C@@H](N)CCNC(=O)OC(C)(C)C)C(C)O)CCNC(=O)[C@H]([C@H](C)O)NC(=O)[C@H](CCCNC(=O)OC(C)(C)C)NC(=O)[C@H](CCNC(=O)OC(C)(C)C)NC(=O)[C@H](CC(C)C)NC2=O)cc1. The molecular weight excluding hydrogens is 1620 g/mol. The van der Waals surface area contributed by atoms with Gasteiger partial charge in [-0.3, -0.25) is 52.7 Å². The van der Waals surface area contributed by atoms with Crippen LogP contribution < -0.4 is 85.5 Å². The number of esters is 2. The molecule has 14 amide bonds. The third-order valence-electron chi connectivity index (χ3n) is 17.5. The minimum Gasteiger partial charge on any atom is -0.465 e. The topological polar surface area (TPSA) is 585 Å². The molecule has 704 valence electrons. The molecule has 1 aliphatic heterocycles. The van der Waals surface area contributed by atoms with Gasteiger partial charge in [0.2, 0.25) is 53.2 Å². The highest BCUT2D eigenvalue weighted by Crippen LogP contribution is 2.17. The average Bonchev–Trinajstić information content (AvgIpc) is 0.948. The van der Waals surface area contributed by atoms with E-state index in [9.17, 15) is 67.7 Å². The van der Waals surface area contributed by atoms with Crippen molar-refractivity contribution in [1.82, 2.24) is 79.8 Å². The number of aliphatic hydroxyl groups is 2. The van der Waals surface area contributed by atoms with Crippen LogP contribution in [0, 0.1) is 5.92 Å². The second-order valence-electron chi connectivity index (χ2n) is 35.9. The molecule has 41 nitrogen and oxygen atoms in total. The van der Waals surface area contributed by atoms with Gasteiger partial charge in [-0.2, -0.15) is 0 Å². The number of nitrogens with one attached hydrogen (secondary N) is 15. The molecule has 1 aromatic carbocycles. The van der Waals surface area contributed by atoms with Crippen LogP contribution in [-0.2, 0) is 98.7 Å². The van der Waals surface area contributed by atoms with Crippen LogP contribution in [0.1, 0.15) is 227 Å². The van der Waals surface area contributed by atoms with E-state index in [2.05, 4.69) is 79.8 Å². The van der Waals surface area contributed by atoms with Crippen molar-refractivity contribution in [2.75, 3.05) is 52.4 Å². The third kappa shape index (κ3) is 48.6. The molecule has 1 aliphatic rings. The Balaban J connectivity index is 3.12. The minimum atomic E-state index is -1.82. The monoisotopic (exact) mass is 1760 g/mol. The molecule has 0 bridgehead atoms. The van der Waals surface area contributed by atoms with Crippen LogP contribution >= 0.6 is 0 Å². The lowest BCUT2D eigenvalue weighted by Crippen LogP contribution is -2.61. The molecule has 0 aliphatic carbocycles. The third-order valence-corrected chi connectivity index (χ3v) is 17.5. The minimum absolute atomic E-state index is 0.0554. The lowest BCUT2D eigenvalue weighted by Gasteiger charge is -2.29. The van der Waals surface area contributed by atoms with Gasteiger partial charge in [-0.25, -0.2) is 24.0 Å². The van der Waals surface area contributed by atoms with Crippen molar-refractivity contribution in [2.45, 2.75) is 336 Å². The number of aliphatic hydroxyl groups excluding tert-OH is 2. The Morgan fingerprint density at radius 1 is 0.500 bits per heavy atom. The van der Waals surface area contributed by atoms with Crippen molar-refractivity contribution in [3.05, 3.63) is 35.4 Å².